The monoisotopic (exact) mass is 1030 g/mol. The van der Waals surface area contributed by atoms with Crippen LogP contribution in [0.5, 0.6) is 11.5 Å². The Balaban J connectivity index is 0.675. The molecule has 2 aromatic heterocycles. The average molecular weight is 1030 g/mol. The average Bonchev–Trinajstić information content (AvgIpc) is 2.88. The Bertz CT molecular complexity index is 4290. The van der Waals surface area contributed by atoms with Gasteiger partial charge in [-0.3, -0.25) is 4.57 Å². The molecule has 0 amide bonds. The molecule has 3 heterocycles. The van der Waals surface area contributed by atoms with Gasteiger partial charge in [-0.2, -0.15) is 0 Å². The van der Waals surface area contributed by atoms with Crippen molar-refractivity contribution in [2.24, 2.45) is 17.8 Å². The van der Waals surface area contributed by atoms with Crippen molar-refractivity contribution < 1.29 is 4.74 Å². The highest BCUT2D eigenvalue weighted by atomic mass is 16.5. The lowest BCUT2D eigenvalue weighted by molar-refractivity contribution is -0.00518. The molecular formula is C75H60N4O. The number of pyridine rings is 1. The summed E-state index contributed by atoms with van der Waals surface area (Å²) in [7, 11) is 0. The van der Waals surface area contributed by atoms with Gasteiger partial charge in [0.2, 0.25) is 0 Å². The maximum Gasteiger partial charge on any atom is 0.137 e. The lowest BCUT2D eigenvalue weighted by Crippen LogP contribution is -2.48. The molecule has 0 spiro atoms. The molecule has 10 aliphatic carbocycles. The SMILES string of the molecule is Cc1cc(-n2c3ccccc3c3ccc(Oc4cccc(N5CN(c6cccc7c6C6c8ccccc8C7C7c8ccccc8C6c6ccccc67)c6ccccc65)c4)cc32)ncc1-c1ccc(C23CC4CC(CC(C4)C2)C3)cc1. The molecule has 9 aromatic carbocycles. The molecule has 11 aromatic rings. The lowest BCUT2D eigenvalue weighted by Gasteiger charge is -2.57. The van der Waals surface area contributed by atoms with E-state index >= 15 is 0 Å². The van der Waals surface area contributed by atoms with E-state index in [1.54, 1.807) is 5.56 Å². The number of aromatic nitrogens is 2. The van der Waals surface area contributed by atoms with Crippen LogP contribution < -0.4 is 14.5 Å². The van der Waals surface area contributed by atoms with E-state index in [9.17, 15) is 0 Å². The molecule has 4 fully saturated rings. The minimum absolute atomic E-state index is 0.142. The Labute approximate surface area is 467 Å². The first-order chi connectivity index (χ1) is 39.5. The van der Waals surface area contributed by atoms with Gasteiger partial charge < -0.3 is 14.5 Å². The van der Waals surface area contributed by atoms with Crippen molar-refractivity contribution in [2.45, 2.75) is 74.5 Å². The molecule has 11 aliphatic rings. The van der Waals surface area contributed by atoms with E-state index in [0.717, 1.165) is 51.8 Å². The van der Waals surface area contributed by atoms with Gasteiger partial charge in [-0.1, -0.05) is 146 Å². The molecular weight excluding hydrogens is 973 g/mol. The molecule has 8 bridgehead atoms. The summed E-state index contributed by atoms with van der Waals surface area (Å²) >= 11 is 0. The summed E-state index contributed by atoms with van der Waals surface area (Å²) in [5, 5.41) is 2.37. The zero-order valence-electron chi connectivity index (χ0n) is 45.0. The molecule has 386 valence electrons. The molecule has 2 atom stereocenters. The van der Waals surface area contributed by atoms with Crippen LogP contribution in [0.4, 0.5) is 22.7 Å². The second kappa shape index (κ2) is 16.9. The number of nitrogens with zero attached hydrogens (tertiary/aromatic N) is 4. The Morgan fingerprint density at radius 3 is 1.66 bits per heavy atom. The predicted molar refractivity (Wildman–Crippen MR) is 324 cm³/mol. The minimum atomic E-state index is 0.142. The fraction of sp³-hybridized carbons (Fsp3) is 0.213. The van der Waals surface area contributed by atoms with Gasteiger partial charge in [0, 0.05) is 69.7 Å². The van der Waals surface area contributed by atoms with E-state index in [0.29, 0.717) is 12.1 Å². The smallest absolute Gasteiger partial charge is 0.137 e. The van der Waals surface area contributed by atoms with Crippen molar-refractivity contribution >= 4 is 44.6 Å². The van der Waals surface area contributed by atoms with E-state index in [-0.39, 0.29) is 23.7 Å². The van der Waals surface area contributed by atoms with Gasteiger partial charge in [0.15, 0.2) is 0 Å². The third kappa shape index (κ3) is 6.49. The zero-order valence-corrected chi connectivity index (χ0v) is 45.0. The molecule has 4 saturated carbocycles. The summed E-state index contributed by atoms with van der Waals surface area (Å²) < 4.78 is 9.25. The highest BCUT2D eigenvalue weighted by Crippen LogP contribution is 2.66. The van der Waals surface area contributed by atoms with Crippen LogP contribution in [0.15, 0.2) is 219 Å². The number of fused-ring (bicyclic) bond motifs is 4. The summed E-state index contributed by atoms with van der Waals surface area (Å²) in [4.78, 5) is 10.3. The number of para-hydroxylation sites is 3. The largest absolute Gasteiger partial charge is 0.457 e. The van der Waals surface area contributed by atoms with Crippen LogP contribution in [0.1, 0.15) is 118 Å². The topological polar surface area (TPSA) is 33.5 Å². The van der Waals surface area contributed by atoms with Crippen LogP contribution in [0.25, 0.3) is 38.8 Å². The molecule has 0 saturated heterocycles. The first-order valence-corrected chi connectivity index (χ1v) is 29.4. The summed E-state index contributed by atoms with van der Waals surface area (Å²) in [5.74, 6) is 6.04. The fourth-order valence-corrected chi connectivity index (χ4v) is 17.9. The van der Waals surface area contributed by atoms with Crippen molar-refractivity contribution in [2.75, 3.05) is 16.5 Å². The Kier molecular flexibility index (Phi) is 9.57. The number of anilines is 4. The first kappa shape index (κ1) is 45.2. The quantitative estimate of drug-likeness (QED) is 0.159. The Morgan fingerprint density at radius 2 is 0.988 bits per heavy atom. The third-order valence-corrected chi connectivity index (χ3v) is 20.6. The molecule has 5 heteroatoms. The first-order valence-electron chi connectivity index (χ1n) is 29.4. The molecule has 2 unspecified atom stereocenters. The van der Waals surface area contributed by atoms with Crippen molar-refractivity contribution in [3.05, 3.63) is 274 Å². The lowest BCUT2D eigenvalue weighted by atomic mass is 9.48. The van der Waals surface area contributed by atoms with Crippen LogP contribution in [0.2, 0.25) is 0 Å². The summed E-state index contributed by atoms with van der Waals surface area (Å²) in [6, 6.07) is 80.0. The number of hydrogen-bond acceptors (Lipinski definition) is 4. The maximum atomic E-state index is 6.94. The Hall–Kier alpha value is -8.67. The highest BCUT2D eigenvalue weighted by Gasteiger charge is 2.53. The molecule has 0 radical (unpaired) electrons. The van der Waals surface area contributed by atoms with Gasteiger partial charge in [-0.05, 0) is 184 Å². The number of ether oxygens (including phenoxy) is 1. The number of rotatable bonds is 7. The van der Waals surface area contributed by atoms with Gasteiger partial charge >= 0.3 is 0 Å². The van der Waals surface area contributed by atoms with E-state index in [1.165, 1.54) is 128 Å². The molecule has 0 N–H and O–H groups in total. The van der Waals surface area contributed by atoms with Crippen molar-refractivity contribution in [3.8, 4) is 28.4 Å². The summed E-state index contributed by atoms with van der Waals surface area (Å²) in [6.07, 6.45) is 10.7. The van der Waals surface area contributed by atoms with Crippen LogP contribution in [0, 0.1) is 24.7 Å². The van der Waals surface area contributed by atoms with Crippen LogP contribution >= 0.6 is 0 Å². The number of benzene rings is 9. The van der Waals surface area contributed by atoms with E-state index in [4.69, 9.17) is 9.72 Å². The standard InChI is InChI=1S/C75H60N4O/c1-45-34-69(76-43-63(45)49-28-30-50(31-29-49)75-40-46-35-47(41-75)37-48(36-46)42-75)79-64-24-9-8-16-54(64)55-33-32-53(39-68(55)79)80-52-15-12-14-51(38-52)77-44-78(66-26-11-10-25-65(66)77)67-27-13-23-62-72-60-21-6-7-22-61(60)74(73(62)67)71-58-19-4-2-17-56(58)70(72)57-18-3-5-20-59(57)71/h2-34,38-39,43,46-48,70-72,74H,35-37,40-42,44H2,1H3. The molecule has 1 aliphatic heterocycles. The van der Waals surface area contributed by atoms with Gasteiger partial charge in [-0.15, -0.1) is 0 Å². The number of hydrogen-bond donors (Lipinski definition) is 0. The molecule has 80 heavy (non-hydrogen) atoms. The van der Waals surface area contributed by atoms with Gasteiger partial charge in [0.25, 0.3) is 0 Å². The molecule has 22 rings (SSSR count). The maximum absolute atomic E-state index is 6.94. The fourth-order valence-electron chi connectivity index (χ4n) is 17.9. The van der Waals surface area contributed by atoms with Crippen molar-refractivity contribution in [3.63, 3.8) is 0 Å². The minimum Gasteiger partial charge on any atom is -0.457 e. The molecule has 5 nitrogen and oxygen atoms in total. The Morgan fingerprint density at radius 1 is 0.450 bits per heavy atom. The van der Waals surface area contributed by atoms with Gasteiger partial charge in [0.05, 0.1) is 22.4 Å². The second-order valence-electron chi connectivity index (χ2n) is 24.8. The number of aryl methyl sites for hydroxylation is 1. The van der Waals surface area contributed by atoms with Gasteiger partial charge in [0.1, 0.15) is 24.0 Å². The van der Waals surface area contributed by atoms with Crippen LogP contribution in [-0.2, 0) is 5.41 Å². The summed E-state index contributed by atoms with van der Waals surface area (Å²) in [5.41, 5.74) is 24.4. The third-order valence-electron chi connectivity index (χ3n) is 20.6. The summed E-state index contributed by atoms with van der Waals surface area (Å²) in [6.45, 7) is 2.91. The zero-order chi connectivity index (χ0) is 52.4. The van der Waals surface area contributed by atoms with Gasteiger partial charge in [-0.25, -0.2) is 4.98 Å². The normalized spacial score (nSPS) is 24.1. The van der Waals surface area contributed by atoms with E-state index in [2.05, 4.69) is 240 Å². The second-order valence-corrected chi connectivity index (χ2v) is 24.8. The van der Waals surface area contributed by atoms with Crippen molar-refractivity contribution in [1.82, 2.24) is 9.55 Å². The van der Waals surface area contributed by atoms with Crippen LogP contribution in [-0.4, -0.2) is 16.2 Å². The van der Waals surface area contributed by atoms with E-state index < -0.39 is 0 Å². The van der Waals surface area contributed by atoms with Crippen LogP contribution in [0.3, 0.4) is 0 Å². The highest BCUT2D eigenvalue weighted by molar-refractivity contribution is 6.09. The van der Waals surface area contributed by atoms with Crippen molar-refractivity contribution in [1.29, 1.82) is 0 Å². The predicted octanol–water partition coefficient (Wildman–Crippen LogP) is 18.5. The van der Waals surface area contributed by atoms with E-state index in [1.807, 2.05) is 0 Å².